The molecule has 0 unspecified atom stereocenters. The molecule has 6 nitrogen and oxygen atoms in total. The number of hydrogen-bond donors (Lipinski definition) is 0. The molecule has 0 atom stereocenters. The summed E-state index contributed by atoms with van der Waals surface area (Å²) in [4.78, 5) is 7.12. The third-order valence-corrected chi connectivity index (χ3v) is 11.8. The first-order valence-corrected chi connectivity index (χ1v) is 21.2. The first-order chi connectivity index (χ1) is 35.0. The van der Waals surface area contributed by atoms with E-state index in [1.807, 2.05) is 66.9 Å². The summed E-state index contributed by atoms with van der Waals surface area (Å²) in [5.74, 6) is 1.57. The summed E-state index contributed by atoms with van der Waals surface area (Å²) in [5, 5.41) is 2.03. The number of aromatic nitrogens is 4. The standard InChI is InChI=1S/C57H47N5O.Pt/c1-57(2,3)42-31-32-58-55(35-42)62-51-26-12-11-23-49(51)50-29-28-46(38-53(50)62)63-45-22-15-21-44(36-45)60-39-61(54-37-43(27-30-52(54)60)59-33-13-6-14-34-59)56-47(40-17-7-4-8-18-40)24-16-25-48(56)41-19-9-5-10-20-41;/h4-5,7-12,15-32,35,37H,6,13-14,33-34H2,1-3H3;/q-2;/i4D,5D,7D,8D,9D,10D,17D,18D,19D,20D;. The summed E-state index contributed by atoms with van der Waals surface area (Å²) >= 11 is 0. The summed E-state index contributed by atoms with van der Waals surface area (Å²) in [6, 6.07) is 34.4. The average Bonchev–Trinajstić information content (AvgIpc) is 3.95. The largest absolute Gasteiger partial charge is 0.510 e. The van der Waals surface area contributed by atoms with Gasteiger partial charge >= 0.3 is 0 Å². The number of benzene rings is 7. The van der Waals surface area contributed by atoms with Gasteiger partial charge in [0.15, 0.2) is 0 Å². The molecule has 0 spiro atoms. The van der Waals surface area contributed by atoms with Gasteiger partial charge in [-0.2, -0.15) is 18.2 Å². The Bertz CT molecular complexity index is 3750. The number of ether oxygens (including phenoxy) is 1. The second-order valence-electron chi connectivity index (χ2n) is 16.8. The van der Waals surface area contributed by atoms with Gasteiger partial charge in [-0.25, -0.2) is 4.98 Å². The fraction of sp³-hybridized carbons (Fsp3) is 0.158. The minimum absolute atomic E-state index is 0. The van der Waals surface area contributed by atoms with E-state index in [0.717, 1.165) is 71.2 Å². The van der Waals surface area contributed by atoms with E-state index in [4.69, 9.17) is 23.4 Å². The minimum Gasteiger partial charge on any atom is -0.510 e. The maximum Gasteiger partial charge on any atom is 0.268 e. The van der Waals surface area contributed by atoms with Crippen molar-refractivity contribution in [3.63, 3.8) is 0 Å². The van der Waals surface area contributed by atoms with E-state index in [9.17, 15) is 0 Å². The Morgan fingerprint density at radius 1 is 0.672 bits per heavy atom. The van der Waals surface area contributed by atoms with Gasteiger partial charge in [0.05, 0.1) is 30.4 Å². The predicted molar refractivity (Wildman–Crippen MR) is 256 cm³/mol. The van der Waals surface area contributed by atoms with E-state index < -0.39 is 60.4 Å². The zero-order valence-electron chi connectivity index (χ0n) is 45.4. The molecule has 1 aliphatic heterocycles. The van der Waals surface area contributed by atoms with Gasteiger partial charge in [0.25, 0.3) is 6.33 Å². The predicted octanol–water partition coefficient (Wildman–Crippen LogP) is 13.2. The number of fused-ring (bicyclic) bond motifs is 4. The van der Waals surface area contributed by atoms with Gasteiger partial charge in [0.2, 0.25) is 0 Å². The van der Waals surface area contributed by atoms with Gasteiger partial charge in [0, 0.05) is 63.1 Å². The van der Waals surface area contributed by atoms with Crippen LogP contribution >= 0.6 is 0 Å². The van der Waals surface area contributed by atoms with Crippen LogP contribution in [0.25, 0.3) is 72.3 Å². The van der Waals surface area contributed by atoms with Gasteiger partial charge in [-0.1, -0.05) is 129 Å². The van der Waals surface area contributed by atoms with Crippen LogP contribution in [0.3, 0.4) is 0 Å². The van der Waals surface area contributed by atoms with Crippen LogP contribution in [0.1, 0.15) is 59.3 Å². The third-order valence-electron chi connectivity index (χ3n) is 11.8. The molecule has 11 rings (SSSR count). The molecule has 10 aromatic rings. The summed E-state index contributed by atoms with van der Waals surface area (Å²) in [6.45, 7) is 8.19. The SMILES string of the molecule is [2H]c1c([2H])c([2H])c(-c2cccc(-c3c([2H])c([2H])c([2H])c([2H])c3[2H])c2-[n+]2[c-]n(-c3[c-]c(Oc4[c-]c5c(cc4)c4ccccc4n5-c4cc(C(C)(C)C)ccn4)ccc3)c3ccc(N4CCCCC4)cc32)c([2H])c1[2H].[Pt]. The molecule has 0 bridgehead atoms. The van der Waals surface area contributed by atoms with Crippen molar-refractivity contribution in [3.8, 4) is 50.9 Å². The van der Waals surface area contributed by atoms with Crippen molar-refractivity contribution < 1.29 is 44.1 Å². The molecule has 1 saturated heterocycles. The second-order valence-corrected chi connectivity index (χ2v) is 16.8. The Balaban J connectivity index is 0.00000626. The van der Waals surface area contributed by atoms with Crippen LogP contribution in [0.4, 0.5) is 5.69 Å². The van der Waals surface area contributed by atoms with E-state index in [0.29, 0.717) is 28.2 Å². The van der Waals surface area contributed by atoms with Crippen molar-refractivity contribution in [1.29, 1.82) is 0 Å². The Morgan fingerprint density at radius 3 is 2.11 bits per heavy atom. The van der Waals surface area contributed by atoms with Crippen molar-refractivity contribution in [2.24, 2.45) is 0 Å². The molecule has 7 aromatic carbocycles. The van der Waals surface area contributed by atoms with Crippen LogP contribution in [0.15, 0.2) is 170 Å². The molecule has 0 radical (unpaired) electrons. The van der Waals surface area contributed by atoms with Gasteiger partial charge in [0.1, 0.15) is 5.82 Å². The maximum absolute atomic E-state index is 9.14. The fourth-order valence-electron chi connectivity index (χ4n) is 8.67. The zero-order chi connectivity index (χ0) is 51.2. The molecule has 0 aliphatic carbocycles. The summed E-state index contributed by atoms with van der Waals surface area (Å²) < 4.78 is 100. The smallest absolute Gasteiger partial charge is 0.268 e. The van der Waals surface area contributed by atoms with E-state index in [1.165, 1.54) is 0 Å². The molecular formula is C57H47N5OPt-2. The normalized spacial score (nSPS) is 15.3. The van der Waals surface area contributed by atoms with Crippen molar-refractivity contribution in [3.05, 3.63) is 194 Å². The molecular weight excluding hydrogens is 966 g/mol. The first-order valence-electron chi connectivity index (χ1n) is 26.2. The quantitative estimate of drug-likeness (QED) is 0.112. The number of piperidine rings is 1. The van der Waals surface area contributed by atoms with Gasteiger partial charge in [-0.05, 0) is 93.9 Å². The molecule has 4 heterocycles. The van der Waals surface area contributed by atoms with E-state index in [2.05, 4.69) is 66.9 Å². The maximum atomic E-state index is 9.14. The van der Waals surface area contributed by atoms with Crippen molar-refractivity contribution in [2.75, 3.05) is 18.0 Å². The summed E-state index contributed by atoms with van der Waals surface area (Å²) in [6.07, 6.45) is 8.48. The van der Waals surface area contributed by atoms with Crippen molar-refractivity contribution in [2.45, 2.75) is 45.4 Å². The first kappa shape index (κ1) is 31.2. The monoisotopic (exact) mass is 1020 g/mol. The summed E-state index contributed by atoms with van der Waals surface area (Å²) in [5.41, 5.74) is 5.70. The fourth-order valence-corrected chi connectivity index (χ4v) is 8.67. The Morgan fingerprint density at radius 2 is 1.38 bits per heavy atom. The Labute approximate surface area is 403 Å². The van der Waals surface area contributed by atoms with Gasteiger partial charge < -0.3 is 18.8 Å². The topological polar surface area (TPSA) is 39.1 Å². The van der Waals surface area contributed by atoms with E-state index >= 15 is 0 Å². The number of hydrogen-bond acceptors (Lipinski definition) is 3. The number of pyridine rings is 1. The summed E-state index contributed by atoms with van der Waals surface area (Å²) in [7, 11) is 0. The molecule has 318 valence electrons. The molecule has 0 N–H and O–H groups in total. The van der Waals surface area contributed by atoms with Crippen molar-refractivity contribution >= 4 is 38.5 Å². The van der Waals surface area contributed by atoms with Crippen LogP contribution in [-0.2, 0) is 26.5 Å². The minimum atomic E-state index is -0.565. The number of rotatable bonds is 8. The molecule has 1 aliphatic rings. The number of anilines is 1. The molecule has 0 saturated carbocycles. The Kier molecular flexibility index (Phi) is 8.32. The molecule has 0 amide bonds. The second kappa shape index (κ2) is 17.1. The van der Waals surface area contributed by atoms with Crippen LogP contribution < -0.4 is 14.2 Å². The van der Waals surface area contributed by atoms with Gasteiger partial charge in [-0.15, -0.1) is 29.7 Å². The Hall–Kier alpha value is -6.75. The van der Waals surface area contributed by atoms with Crippen LogP contribution in [-0.4, -0.2) is 27.2 Å². The third kappa shape index (κ3) is 7.60. The van der Waals surface area contributed by atoms with Crippen LogP contribution in [0.5, 0.6) is 11.5 Å². The molecule has 3 aromatic heterocycles. The van der Waals surface area contributed by atoms with E-state index in [1.54, 1.807) is 33.4 Å². The van der Waals surface area contributed by atoms with E-state index in [-0.39, 0.29) is 54.4 Å². The number of para-hydroxylation sites is 2. The van der Waals surface area contributed by atoms with Gasteiger partial charge in [-0.3, -0.25) is 4.57 Å². The number of nitrogens with zero attached hydrogens (tertiary/aromatic N) is 5. The molecule has 1 fully saturated rings. The van der Waals surface area contributed by atoms with Crippen molar-refractivity contribution in [1.82, 2.24) is 14.1 Å². The average molecular weight is 1020 g/mol. The molecule has 64 heavy (non-hydrogen) atoms. The number of imidazole rings is 1. The molecule has 7 heteroatoms. The zero-order valence-corrected chi connectivity index (χ0v) is 37.7. The van der Waals surface area contributed by atoms with Crippen LogP contribution in [0.2, 0.25) is 0 Å². The van der Waals surface area contributed by atoms with Crippen LogP contribution in [0, 0.1) is 18.5 Å².